The molecule has 6 nitrogen and oxygen atoms in total. The van der Waals surface area contributed by atoms with Crippen LogP contribution in [0.25, 0.3) is 0 Å². The Hall–Kier alpha value is -2.80. The molecule has 1 aliphatic rings. The van der Waals surface area contributed by atoms with Crippen molar-refractivity contribution in [3.8, 4) is 5.75 Å². The van der Waals surface area contributed by atoms with E-state index in [9.17, 15) is 9.18 Å². The molecule has 2 amide bonds. The number of ether oxygens (including phenoxy) is 2. The Bertz CT molecular complexity index is 882. The van der Waals surface area contributed by atoms with Crippen molar-refractivity contribution in [1.29, 1.82) is 0 Å². The maximum absolute atomic E-state index is 14.8. The molecular formula is C23H30FN3O3. The number of amides is 2. The van der Waals surface area contributed by atoms with Crippen molar-refractivity contribution in [1.82, 2.24) is 4.90 Å². The molecule has 30 heavy (non-hydrogen) atoms. The predicted molar refractivity (Wildman–Crippen MR) is 117 cm³/mol. The van der Waals surface area contributed by atoms with Crippen LogP contribution in [0.15, 0.2) is 42.5 Å². The molecule has 162 valence electrons. The topological polar surface area (TPSA) is 54.0 Å². The summed E-state index contributed by atoms with van der Waals surface area (Å²) in [7, 11) is 3.31. The number of urea groups is 1. The average molecular weight is 416 g/mol. The number of para-hydroxylation sites is 1. The van der Waals surface area contributed by atoms with Crippen LogP contribution in [0.4, 0.5) is 20.6 Å². The Morgan fingerprint density at radius 3 is 2.53 bits per heavy atom. The van der Waals surface area contributed by atoms with Gasteiger partial charge in [-0.15, -0.1) is 0 Å². The average Bonchev–Trinajstić information content (AvgIpc) is 2.72. The van der Waals surface area contributed by atoms with Crippen molar-refractivity contribution in [3.05, 3.63) is 53.8 Å². The van der Waals surface area contributed by atoms with Gasteiger partial charge in [-0.25, -0.2) is 9.18 Å². The van der Waals surface area contributed by atoms with Crippen molar-refractivity contribution >= 4 is 17.4 Å². The minimum atomic E-state index is -0.366. The molecule has 1 N–H and O–H groups in total. The molecule has 3 rings (SSSR count). The zero-order valence-corrected chi connectivity index (χ0v) is 18.2. The Labute approximate surface area is 177 Å². The molecule has 0 saturated carbocycles. The molecule has 0 bridgehead atoms. The number of halogens is 1. The van der Waals surface area contributed by atoms with Crippen LogP contribution in [-0.4, -0.2) is 50.4 Å². The van der Waals surface area contributed by atoms with Crippen molar-refractivity contribution in [2.75, 3.05) is 37.5 Å². The summed E-state index contributed by atoms with van der Waals surface area (Å²) in [6.07, 6.45) is 0.0790. The number of nitrogens with one attached hydrogen (secondary N) is 1. The van der Waals surface area contributed by atoms with Gasteiger partial charge in [-0.05, 0) is 45.0 Å². The lowest BCUT2D eigenvalue weighted by Gasteiger charge is -2.37. The monoisotopic (exact) mass is 415 g/mol. The summed E-state index contributed by atoms with van der Waals surface area (Å²) < 4.78 is 25.9. The SMILES string of the molecule is COc1ccccc1[C@H](C)N(C)C(=O)Nc1ccc(N2C[C@H](C)O[C@@H](C)C2)c(F)c1. The second-order valence-electron chi connectivity index (χ2n) is 7.79. The zero-order chi connectivity index (χ0) is 21.8. The fourth-order valence-corrected chi connectivity index (χ4v) is 3.82. The van der Waals surface area contributed by atoms with Crippen molar-refractivity contribution in [3.63, 3.8) is 0 Å². The van der Waals surface area contributed by atoms with Gasteiger partial charge in [0.2, 0.25) is 0 Å². The van der Waals surface area contributed by atoms with Crippen molar-refractivity contribution in [2.24, 2.45) is 0 Å². The lowest BCUT2D eigenvalue weighted by Crippen LogP contribution is -2.45. The largest absolute Gasteiger partial charge is 0.496 e. The number of nitrogens with zero attached hydrogens (tertiary/aromatic N) is 2. The summed E-state index contributed by atoms with van der Waals surface area (Å²) in [5.41, 5.74) is 1.83. The van der Waals surface area contributed by atoms with Gasteiger partial charge in [0, 0.05) is 31.4 Å². The first kappa shape index (κ1) is 21.9. The smallest absolute Gasteiger partial charge is 0.322 e. The zero-order valence-electron chi connectivity index (χ0n) is 18.2. The first-order valence-corrected chi connectivity index (χ1v) is 10.2. The van der Waals surface area contributed by atoms with E-state index in [2.05, 4.69) is 5.32 Å². The van der Waals surface area contributed by atoms with Gasteiger partial charge in [0.05, 0.1) is 31.0 Å². The maximum atomic E-state index is 14.8. The molecule has 7 heteroatoms. The second kappa shape index (κ2) is 9.34. The van der Waals surface area contributed by atoms with Gasteiger partial charge >= 0.3 is 6.03 Å². The Balaban J connectivity index is 1.70. The van der Waals surface area contributed by atoms with Crippen molar-refractivity contribution < 1.29 is 18.7 Å². The van der Waals surface area contributed by atoms with Gasteiger partial charge in [0.25, 0.3) is 0 Å². The van der Waals surface area contributed by atoms with Crippen LogP contribution in [0.1, 0.15) is 32.4 Å². The third-order valence-electron chi connectivity index (χ3n) is 5.45. The van der Waals surface area contributed by atoms with Crippen LogP contribution in [0.2, 0.25) is 0 Å². The fourth-order valence-electron chi connectivity index (χ4n) is 3.82. The molecule has 1 fully saturated rings. The molecule has 0 aromatic heterocycles. The summed E-state index contributed by atoms with van der Waals surface area (Å²) in [5.74, 6) is 0.351. The van der Waals surface area contributed by atoms with Gasteiger partial charge in [0.1, 0.15) is 11.6 Å². The van der Waals surface area contributed by atoms with E-state index in [4.69, 9.17) is 9.47 Å². The summed E-state index contributed by atoms with van der Waals surface area (Å²) in [6, 6.07) is 11.8. The molecule has 1 saturated heterocycles. The number of morpholine rings is 1. The van der Waals surface area contributed by atoms with Gasteiger partial charge < -0.3 is 24.6 Å². The van der Waals surface area contributed by atoms with E-state index in [1.807, 2.05) is 49.9 Å². The van der Waals surface area contributed by atoms with Crippen LogP contribution in [0, 0.1) is 5.82 Å². The molecule has 2 aromatic rings. The Kier molecular flexibility index (Phi) is 6.82. The van der Waals surface area contributed by atoms with Gasteiger partial charge in [0.15, 0.2) is 0 Å². The lowest BCUT2D eigenvalue weighted by molar-refractivity contribution is -0.00539. The second-order valence-corrected chi connectivity index (χ2v) is 7.79. The molecule has 3 atom stereocenters. The third kappa shape index (κ3) is 4.84. The minimum absolute atomic E-state index is 0.0395. The summed E-state index contributed by atoms with van der Waals surface area (Å²) >= 11 is 0. The molecule has 2 aromatic carbocycles. The number of rotatable bonds is 5. The lowest BCUT2D eigenvalue weighted by atomic mass is 10.1. The number of anilines is 2. The first-order chi connectivity index (χ1) is 14.3. The van der Waals surface area contributed by atoms with E-state index in [1.165, 1.54) is 6.07 Å². The number of carbonyl (C=O) groups excluding carboxylic acids is 1. The number of methoxy groups -OCH3 is 1. The molecule has 0 radical (unpaired) electrons. The van der Waals surface area contributed by atoms with E-state index in [0.29, 0.717) is 30.2 Å². The predicted octanol–water partition coefficient (Wildman–Crippen LogP) is 4.67. The first-order valence-electron chi connectivity index (χ1n) is 10.2. The molecule has 0 aliphatic carbocycles. The quantitative estimate of drug-likeness (QED) is 0.771. The van der Waals surface area contributed by atoms with Gasteiger partial charge in [-0.2, -0.15) is 0 Å². The van der Waals surface area contributed by atoms with Gasteiger partial charge in [-0.1, -0.05) is 18.2 Å². The molecule has 0 unspecified atom stereocenters. The van der Waals surface area contributed by atoms with Crippen LogP contribution >= 0.6 is 0 Å². The highest BCUT2D eigenvalue weighted by Gasteiger charge is 2.25. The number of hydrogen-bond acceptors (Lipinski definition) is 4. The van der Waals surface area contributed by atoms with Crippen LogP contribution < -0.4 is 15.0 Å². The number of hydrogen-bond donors (Lipinski definition) is 1. The standard InChI is InChI=1S/C23H30FN3O3/c1-15-13-27(14-16(2)30-15)21-11-10-18(12-20(21)24)25-23(28)26(4)17(3)19-8-6-7-9-22(19)29-5/h6-12,15-17H,13-14H2,1-5H3,(H,25,28)/t15-,16-,17-/m0/s1. The number of carbonyl (C=O) groups is 1. The van der Waals surface area contributed by atoms with Crippen LogP contribution in [-0.2, 0) is 4.74 Å². The van der Waals surface area contributed by atoms with Crippen LogP contribution in [0.5, 0.6) is 5.75 Å². The Morgan fingerprint density at radius 2 is 1.90 bits per heavy atom. The van der Waals surface area contributed by atoms with Crippen LogP contribution in [0.3, 0.4) is 0 Å². The summed E-state index contributed by atoms with van der Waals surface area (Å²) in [5, 5.41) is 2.78. The van der Waals surface area contributed by atoms with E-state index < -0.39 is 0 Å². The normalized spacial score (nSPS) is 19.9. The van der Waals surface area contributed by atoms with E-state index in [-0.39, 0.29) is 30.1 Å². The van der Waals surface area contributed by atoms with E-state index >= 15 is 0 Å². The summed E-state index contributed by atoms with van der Waals surface area (Å²) in [6.45, 7) is 7.14. The Morgan fingerprint density at radius 1 is 1.23 bits per heavy atom. The summed E-state index contributed by atoms with van der Waals surface area (Å²) in [4.78, 5) is 16.3. The highest BCUT2D eigenvalue weighted by Crippen LogP contribution is 2.29. The molecule has 1 heterocycles. The molecule has 1 aliphatic heterocycles. The molecular weight excluding hydrogens is 385 g/mol. The maximum Gasteiger partial charge on any atom is 0.322 e. The fraction of sp³-hybridized carbons (Fsp3) is 0.435. The molecule has 0 spiro atoms. The van der Waals surface area contributed by atoms with Crippen molar-refractivity contribution in [2.45, 2.75) is 39.0 Å². The highest BCUT2D eigenvalue weighted by molar-refractivity contribution is 5.89. The van der Waals surface area contributed by atoms with Gasteiger partial charge in [-0.3, -0.25) is 0 Å². The number of benzene rings is 2. The van der Waals surface area contributed by atoms with E-state index in [0.717, 1.165) is 5.56 Å². The minimum Gasteiger partial charge on any atom is -0.496 e. The third-order valence-corrected chi connectivity index (χ3v) is 5.45. The highest BCUT2D eigenvalue weighted by atomic mass is 19.1. The van der Waals surface area contributed by atoms with E-state index in [1.54, 1.807) is 31.2 Å².